The van der Waals surface area contributed by atoms with Gasteiger partial charge in [0.1, 0.15) is 0 Å². The first-order valence-electron chi connectivity index (χ1n) is 7.90. The van der Waals surface area contributed by atoms with Crippen molar-refractivity contribution >= 4 is 5.91 Å². The third-order valence-corrected chi connectivity index (χ3v) is 4.56. The molecule has 1 heterocycles. The van der Waals surface area contributed by atoms with Crippen LogP contribution in [0.2, 0.25) is 0 Å². The van der Waals surface area contributed by atoms with Crippen molar-refractivity contribution in [2.75, 3.05) is 33.4 Å². The van der Waals surface area contributed by atoms with Crippen LogP contribution < -0.4 is 5.32 Å². The van der Waals surface area contributed by atoms with E-state index in [2.05, 4.69) is 5.32 Å². The molecule has 5 heteroatoms. The predicted octanol–water partition coefficient (Wildman–Crippen LogP) is 0.909. The number of amides is 1. The first-order valence-corrected chi connectivity index (χ1v) is 7.90. The van der Waals surface area contributed by atoms with Crippen LogP contribution in [0.4, 0.5) is 0 Å². The molecular formula is C15H28N2O3. The molecule has 2 N–H and O–H groups in total. The molecule has 2 fully saturated rings. The summed E-state index contributed by atoms with van der Waals surface area (Å²) >= 11 is 0. The van der Waals surface area contributed by atoms with Crippen LogP contribution in [0.3, 0.4) is 0 Å². The van der Waals surface area contributed by atoms with Gasteiger partial charge in [0, 0.05) is 32.8 Å². The van der Waals surface area contributed by atoms with Crippen molar-refractivity contribution in [3.63, 3.8) is 0 Å². The minimum atomic E-state index is -1.22. The molecule has 5 nitrogen and oxygen atoms in total. The number of methoxy groups -OCH3 is 1. The molecule has 1 aliphatic carbocycles. The van der Waals surface area contributed by atoms with Crippen molar-refractivity contribution in [2.45, 2.75) is 56.6 Å². The van der Waals surface area contributed by atoms with E-state index in [1.807, 2.05) is 0 Å². The quantitative estimate of drug-likeness (QED) is 0.761. The molecule has 1 amide bonds. The Hall–Kier alpha value is -0.650. The van der Waals surface area contributed by atoms with Crippen molar-refractivity contribution in [3.8, 4) is 0 Å². The third-order valence-electron chi connectivity index (χ3n) is 4.56. The second-order valence-electron chi connectivity index (χ2n) is 6.14. The third kappa shape index (κ3) is 3.93. The van der Waals surface area contributed by atoms with E-state index in [9.17, 15) is 9.90 Å². The van der Waals surface area contributed by atoms with Gasteiger partial charge in [0.15, 0.2) is 5.60 Å². The van der Waals surface area contributed by atoms with Crippen LogP contribution in [-0.4, -0.2) is 60.9 Å². The van der Waals surface area contributed by atoms with E-state index < -0.39 is 5.60 Å². The van der Waals surface area contributed by atoms with E-state index in [0.29, 0.717) is 32.2 Å². The molecule has 0 aromatic carbocycles. The number of aliphatic hydroxyl groups is 1. The SMILES string of the molecule is COCCN1CCCC(O)(CNC2CCCCC2)C1=O. The Morgan fingerprint density at radius 2 is 2.10 bits per heavy atom. The molecule has 20 heavy (non-hydrogen) atoms. The van der Waals surface area contributed by atoms with Crippen LogP contribution in [0.25, 0.3) is 0 Å². The summed E-state index contributed by atoms with van der Waals surface area (Å²) in [5, 5.41) is 14.1. The van der Waals surface area contributed by atoms with Crippen molar-refractivity contribution in [1.82, 2.24) is 10.2 Å². The molecule has 116 valence electrons. The molecule has 2 rings (SSSR count). The van der Waals surface area contributed by atoms with Gasteiger partial charge >= 0.3 is 0 Å². The summed E-state index contributed by atoms with van der Waals surface area (Å²) in [5.74, 6) is -0.135. The lowest BCUT2D eigenvalue weighted by molar-refractivity contribution is -0.157. The molecule has 1 atom stereocenters. The maximum Gasteiger partial charge on any atom is 0.255 e. The number of piperidine rings is 1. The van der Waals surface area contributed by atoms with Gasteiger partial charge < -0.3 is 20.1 Å². The average molecular weight is 284 g/mol. The lowest BCUT2D eigenvalue weighted by Gasteiger charge is -2.39. The van der Waals surface area contributed by atoms with Gasteiger partial charge in [0.05, 0.1) is 6.61 Å². The maximum absolute atomic E-state index is 12.4. The molecule has 2 aliphatic rings. The molecule has 0 aromatic heterocycles. The number of rotatable bonds is 6. The van der Waals surface area contributed by atoms with Crippen molar-refractivity contribution in [1.29, 1.82) is 0 Å². The molecule has 1 saturated heterocycles. The summed E-state index contributed by atoms with van der Waals surface area (Å²) < 4.78 is 5.03. The second-order valence-corrected chi connectivity index (χ2v) is 6.14. The monoisotopic (exact) mass is 284 g/mol. The second kappa shape index (κ2) is 7.38. The maximum atomic E-state index is 12.4. The molecule has 1 saturated carbocycles. The van der Waals surface area contributed by atoms with Gasteiger partial charge in [0.25, 0.3) is 5.91 Å². The Morgan fingerprint density at radius 1 is 1.35 bits per heavy atom. The highest BCUT2D eigenvalue weighted by Crippen LogP contribution is 2.23. The minimum Gasteiger partial charge on any atom is -0.383 e. The predicted molar refractivity (Wildman–Crippen MR) is 77.5 cm³/mol. The molecule has 0 bridgehead atoms. The largest absolute Gasteiger partial charge is 0.383 e. The van der Waals surface area contributed by atoms with E-state index in [1.165, 1.54) is 19.3 Å². The summed E-state index contributed by atoms with van der Waals surface area (Å²) in [5.41, 5.74) is -1.22. The fourth-order valence-electron chi connectivity index (χ4n) is 3.26. The van der Waals surface area contributed by atoms with Gasteiger partial charge in [-0.1, -0.05) is 19.3 Å². The first kappa shape index (κ1) is 15.7. The zero-order valence-corrected chi connectivity index (χ0v) is 12.6. The Bertz CT molecular complexity index is 318. The summed E-state index contributed by atoms with van der Waals surface area (Å²) in [6, 6.07) is 0.468. The van der Waals surface area contributed by atoms with Gasteiger partial charge in [-0.3, -0.25) is 4.79 Å². The molecule has 0 spiro atoms. The van der Waals surface area contributed by atoms with Crippen LogP contribution in [0.1, 0.15) is 44.9 Å². The highest BCUT2D eigenvalue weighted by molar-refractivity contribution is 5.86. The van der Waals surface area contributed by atoms with E-state index in [1.54, 1.807) is 12.0 Å². The lowest BCUT2D eigenvalue weighted by atomic mass is 9.90. The zero-order valence-electron chi connectivity index (χ0n) is 12.6. The summed E-state index contributed by atoms with van der Waals surface area (Å²) in [7, 11) is 1.63. The zero-order chi connectivity index (χ0) is 14.4. The Kier molecular flexibility index (Phi) is 5.81. The van der Waals surface area contributed by atoms with E-state index in [0.717, 1.165) is 25.8 Å². The number of likely N-dealkylation sites (tertiary alicyclic amines) is 1. The van der Waals surface area contributed by atoms with Gasteiger partial charge in [-0.15, -0.1) is 0 Å². The van der Waals surface area contributed by atoms with Gasteiger partial charge in [-0.05, 0) is 25.7 Å². The van der Waals surface area contributed by atoms with Crippen molar-refractivity contribution in [3.05, 3.63) is 0 Å². The van der Waals surface area contributed by atoms with E-state index >= 15 is 0 Å². The summed E-state index contributed by atoms with van der Waals surface area (Å²) in [6.07, 6.45) is 7.57. The van der Waals surface area contributed by atoms with Gasteiger partial charge in [-0.25, -0.2) is 0 Å². The lowest BCUT2D eigenvalue weighted by Crippen LogP contribution is -2.59. The number of hydrogen-bond acceptors (Lipinski definition) is 4. The Balaban J connectivity index is 1.85. The number of hydrogen-bond donors (Lipinski definition) is 2. The van der Waals surface area contributed by atoms with Crippen molar-refractivity contribution < 1.29 is 14.6 Å². The van der Waals surface area contributed by atoms with Crippen LogP contribution in [0.5, 0.6) is 0 Å². The van der Waals surface area contributed by atoms with E-state index in [-0.39, 0.29) is 5.91 Å². The molecular weight excluding hydrogens is 256 g/mol. The Morgan fingerprint density at radius 3 is 2.80 bits per heavy atom. The van der Waals surface area contributed by atoms with Gasteiger partial charge in [0.2, 0.25) is 0 Å². The van der Waals surface area contributed by atoms with Crippen LogP contribution in [0, 0.1) is 0 Å². The minimum absolute atomic E-state index is 0.135. The molecule has 1 aliphatic heterocycles. The topological polar surface area (TPSA) is 61.8 Å². The first-order chi connectivity index (χ1) is 9.65. The van der Waals surface area contributed by atoms with Crippen LogP contribution in [0.15, 0.2) is 0 Å². The smallest absolute Gasteiger partial charge is 0.255 e. The Labute approximate surface area is 121 Å². The molecule has 0 radical (unpaired) electrons. The number of ether oxygens (including phenoxy) is 1. The fraction of sp³-hybridized carbons (Fsp3) is 0.933. The number of carbonyl (C=O) groups is 1. The summed E-state index contributed by atoms with van der Waals surface area (Å²) in [4.78, 5) is 14.1. The van der Waals surface area contributed by atoms with Crippen molar-refractivity contribution in [2.24, 2.45) is 0 Å². The normalized spacial score (nSPS) is 28.9. The standard InChI is InChI=1S/C15H28N2O3/c1-20-11-10-17-9-5-8-15(19,14(17)18)12-16-13-6-3-2-4-7-13/h13,16,19H,2-12H2,1H3. The van der Waals surface area contributed by atoms with E-state index in [4.69, 9.17) is 4.74 Å². The van der Waals surface area contributed by atoms with Crippen LogP contribution in [-0.2, 0) is 9.53 Å². The van der Waals surface area contributed by atoms with Crippen LogP contribution >= 0.6 is 0 Å². The fourth-order valence-corrected chi connectivity index (χ4v) is 3.26. The number of nitrogens with one attached hydrogen (secondary N) is 1. The highest BCUT2D eigenvalue weighted by atomic mass is 16.5. The summed E-state index contributed by atoms with van der Waals surface area (Å²) in [6.45, 7) is 2.22. The molecule has 1 unspecified atom stereocenters. The number of carbonyl (C=O) groups excluding carboxylic acids is 1. The highest BCUT2D eigenvalue weighted by Gasteiger charge is 2.42. The van der Waals surface area contributed by atoms with Gasteiger partial charge in [-0.2, -0.15) is 0 Å². The average Bonchev–Trinajstić information content (AvgIpc) is 2.48. The molecule has 0 aromatic rings. The number of nitrogens with zero attached hydrogens (tertiary/aromatic N) is 1.